The van der Waals surface area contributed by atoms with E-state index in [1.165, 1.54) is 12.4 Å². The summed E-state index contributed by atoms with van der Waals surface area (Å²) in [5.41, 5.74) is 0.553. The molecule has 82 valence electrons. The summed E-state index contributed by atoms with van der Waals surface area (Å²) < 4.78 is 2.59. The zero-order valence-electron chi connectivity index (χ0n) is 8.51. The molecule has 0 saturated carbocycles. The van der Waals surface area contributed by atoms with Crippen LogP contribution in [0.5, 0.6) is 0 Å². The molecule has 0 aromatic carbocycles. The molecule has 6 heteroatoms. The van der Waals surface area contributed by atoms with Gasteiger partial charge >= 0.3 is 0 Å². The lowest BCUT2D eigenvalue weighted by Gasteiger charge is -2.03. The lowest BCUT2D eigenvalue weighted by Crippen LogP contribution is -2.16. The molecule has 5 nitrogen and oxygen atoms in total. The fraction of sp³-hybridized carbons (Fsp3) is 0.100. The summed E-state index contributed by atoms with van der Waals surface area (Å²) in [6.45, 7) is 0. The molecular formula is C10H9BrN4O. The van der Waals surface area contributed by atoms with Crippen LogP contribution in [0.25, 0.3) is 0 Å². The number of carbonyl (C=O) groups excluding carboxylic acids is 1. The number of rotatable bonds is 2. The Hall–Kier alpha value is -1.69. The summed E-state index contributed by atoms with van der Waals surface area (Å²) in [7, 11) is 1.80. The predicted molar refractivity (Wildman–Crippen MR) is 63.1 cm³/mol. The second kappa shape index (κ2) is 4.44. The lowest BCUT2D eigenvalue weighted by atomic mass is 10.4. The quantitative estimate of drug-likeness (QED) is 0.913. The van der Waals surface area contributed by atoms with Gasteiger partial charge in [0.15, 0.2) is 5.82 Å². The molecule has 2 heterocycles. The Balaban J connectivity index is 2.18. The van der Waals surface area contributed by atoms with Crippen molar-refractivity contribution in [2.75, 3.05) is 5.32 Å². The van der Waals surface area contributed by atoms with Crippen molar-refractivity contribution in [3.63, 3.8) is 0 Å². The molecule has 0 spiro atoms. The second-order valence-corrected chi connectivity index (χ2v) is 4.11. The van der Waals surface area contributed by atoms with Crippen LogP contribution < -0.4 is 5.32 Å². The molecule has 0 radical (unpaired) electrons. The summed E-state index contributed by atoms with van der Waals surface area (Å²) >= 11 is 3.31. The Labute approximate surface area is 101 Å². The SMILES string of the molecule is Cn1cc(Br)cc1C(=O)Nc1cnccn1. The summed E-state index contributed by atoms with van der Waals surface area (Å²) in [5, 5.41) is 2.66. The summed E-state index contributed by atoms with van der Waals surface area (Å²) in [5.74, 6) is 0.221. The van der Waals surface area contributed by atoms with Crippen LogP contribution in [0.2, 0.25) is 0 Å². The van der Waals surface area contributed by atoms with Crippen LogP contribution in [-0.4, -0.2) is 20.4 Å². The van der Waals surface area contributed by atoms with Crippen LogP contribution in [0, 0.1) is 0 Å². The van der Waals surface area contributed by atoms with Gasteiger partial charge in [-0.3, -0.25) is 9.78 Å². The minimum Gasteiger partial charge on any atom is -0.345 e. The van der Waals surface area contributed by atoms with E-state index < -0.39 is 0 Å². The Morgan fingerprint density at radius 2 is 2.31 bits per heavy atom. The van der Waals surface area contributed by atoms with E-state index in [1.807, 2.05) is 6.20 Å². The molecule has 0 aliphatic rings. The highest BCUT2D eigenvalue weighted by Crippen LogP contribution is 2.14. The van der Waals surface area contributed by atoms with Crippen molar-refractivity contribution in [3.8, 4) is 0 Å². The molecule has 2 aromatic heterocycles. The van der Waals surface area contributed by atoms with Crippen LogP contribution in [-0.2, 0) is 7.05 Å². The number of nitrogens with one attached hydrogen (secondary N) is 1. The maximum Gasteiger partial charge on any atom is 0.273 e. The average molecular weight is 281 g/mol. The van der Waals surface area contributed by atoms with Crippen molar-refractivity contribution in [2.45, 2.75) is 0 Å². The Kier molecular flexibility index (Phi) is 3.00. The van der Waals surface area contributed by atoms with E-state index in [2.05, 4.69) is 31.2 Å². The van der Waals surface area contributed by atoms with E-state index >= 15 is 0 Å². The standard InChI is InChI=1S/C10H9BrN4O/c1-15-6-7(11)4-8(15)10(16)14-9-5-12-2-3-13-9/h2-6H,1H3,(H,13,14,16). The smallest absolute Gasteiger partial charge is 0.273 e. The molecule has 0 aliphatic heterocycles. The topological polar surface area (TPSA) is 59.8 Å². The maximum absolute atomic E-state index is 11.8. The minimum atomic E-state index is -0.214. The molecule has 2 rings (SSSR count). The molecule has 0 bridgehead atoms. The highest BCUT2D eigenvalue weighted by molar-refractivity contribution is 9.10. The zero-order chi connectivity index (χ0) is 11.5. The second-order valence-electron chi connectivity index (χ2n) is 3.20. The third-order valence-electron chi connectivity index (χ3n) is 2.01. The van der Waals surface area contributed by atoms with Gasteiger partial charge in [0.2, 0.25) is 0 Å². The number of hydrogen-bond acceptors (Lipinski definition) is 3. The first-order valence-electron chi connectivity index (χ1n) is 4.56. The van der Waals surface area contributed by atoms with Gasteiger partial charge < -0.3 is 9.88 Å². The van der Waals surface area contributed by atoms with Crippen molar-refractivity contribution in [1.82, 2.24) is 14.5 Å². The van der Waals surface area contributed by atoms with Crippen molar-refractivity contribution in [2.24, 2.45) is 7.05 Å². The van der Waals surface area contributed by atoms with Gasteiger partial charge in [-0.1, -0.05) is 0 Å². The molecular weight excluding hydrogens is 272 g/mol. The third-order valence-corrected chi connectivity index (χ3v) is 2.44. The molecule has 0 aliphatic carbocycles. The molecule has 1 amide bonds. The van der Waals surface area contributed by atoms with E-state index in [0.717, 1.165) is 4.47 Å². The number of hydrogen-bond donors (Lipinski definition) is 1. The number of aryl methyl sites for hydroxylation is 1. The highest BCUT2D eigenvalue weighted by Gasteiger charge is 2.11. The molecule has 1 N–H and O–H groups in total. The number of amides is 1. The molecule has 0 fully saturated rings. The molecule has 0 unspecified atom stereocenters. The maximum atomic E-state index is 11.8. The number of aromatic nitrogens is 3. The first-order chi connectivity index (χ1) is 7.66. The van der Waals surface area contributed by atoms with Gasteiger partial charge in [0.25, 0.3) is 5.91 Å². The first kappa shape index (κ1) is 10.8. The first-order valence-corrected chi connectivity index (χ1v) is 5.35. The number of anilines is 1. The minimum absolute atomic E-state index is 0.214. The van der Waals surface area contributed by atoms with Crippen LogP contribution in [0.4, 0.5) is 5.82 Å². The van der Waals surface area contributed by atoms with Crippen LogP contribution in [0.15, 0.2) is 35.3 Å². The lowest BCUT2D eigenvalue weighted by molar-refractivity contribution is 0.101. The van der Waals surface area contributed by atoms with Crippen LogP contribution >= 0.6 is 15.9 Å². The zero-order valence-corrected chi connectivity index (χ0v) is 10.1. The molecule has 16 heavy (non-hydrogen) atoms. The Bertz CT molecular complexity index is 509. The van der Waals surface area contributed by atoms with Gasteiger partial charge in [-0.15, -0.1) is 0 Å². The van der Waals surface area contributed by atoms with E-state index in [0.29, 0.717) is 11.5 Å². The van der Waals surface area contributed by atoms with E-state index in [9.17, 15) is 4.79 Å². The number of nitrogens with zero attached hydrogens (tertiary/aromatic N) is 3. The molecule has 0 atom stereocenters. The van der Waals surface area contributed by atoms with E-state index in [4.69, 9.17) is 0 Å². The summed E-state index contributed by atoms with van der Waals surface area (Å²) in [6.07, 6.45) is 6.38. The van der Waals surface area contributed by atoms with Crippen LogP contribution in [0.1, 0.15) is 10.5 Å². The van der Waals surface area contributed by atoms with Gasteiger partial charge in [-0.25, -0.2) is 4.98 Å². The van der Waals surface area contributed by atoms with Crippen LogP contribution in [0.3, 0.4) is 0 Å². The molecule has 0 saturated heterocycles. The van der Waals surface area contributed by atoms with Crippen molar-refractivity contribution in [3.05, 3.63) is 41.0 Å². The van der Waals surface area contributed by atoms with Crippen molar-refractivity contribution >= 4 is 27.7 Å². The number of carbonyl (C=O) groups is 1. The Morgan fingerprint density at radius 3 is 2.88 bits per heavy atom. The third kappa shape index (κ3) is 2.27. The number of halogens is 1. The fourth-order valence-corrected chi connectivity index (χ4v) is 1.82. The molecule has 2 aromatic rings. The largest absolute Gasteiger partial charge is 0.345 e. The van der Waals surface area contributed by atoms with E-state index in [-0.39, 0.29) is 5.91 Å². The summed E-state index contributed by atoms with van der Waals surface area (Å²) in [4.78, 5) is 19.7. The van der Waals surface area contributed by atoms with Gasteiger partial charge in [-0.2, -0.15) is 0 Å². The normalized spacial score (nSPS) is 10.1. The average Bonchev–Trinajstić information content (AvgIpc) is 2.59. The van der Waals surface area contributed by atoms with Gasteiger partial charge in [-0.05, 0) is 22.0 Å². The highest BCUT2D eigenvalue weighted by atomic mass is 79.9. The van der Waals surface area contributed by atoms with Crippen molar-refractivity contribution in [1.29, 1.82) is 0 Å². The van der Waals surface area contributed by atoms with E-state index in [1.54, 1.807) is 23.9 Å². The summed E-state index contributed by atoms with van der Waals surface area (Å²) in [6, 6.07) is 1.74. The fourth-order valence-electron chi connectivity index (χ4n) is 1.29. The van der Waals surface area contributed by atoms with Crippen molar-refractivity contribution < 1.29 is 4.79 Å². The van der Waals surface area contributed by atoms with Gasteiger partial charge in [0.05, 0.1) is 6.20 Å². The van der Waals surface area contributed by atoms with Gasteiger partial charge in [0, 0.05) is 30.1 Å². The van der Waals surface area contributed by atoms with Gasteiger partial charge in [0.1, 0.15) is 5.69 Å². The predicted octanol–water partition coefficient (Wildman–Crippen LogP) is 1.83. The monoisotopic (exact) mass is 280 g/mol. The Morgan fingerprint density at radius 1 is 1.50 bits per heavy atom.